The number of hydrogen-bond donors (Lipinski definition) is 0. The van der Waals surface area contributed by atoms with Crippen LogP contribution in [0, 0.1) is 11.8 Å². The van der Waals surface area contributed by atoms with Crippen molar-refractivity contribution in [2.45, 2.75) is 47.6 Å². The highest BCUT2D eigenvalue weighted by Gasteiger charge is 2.41. The van der Waals surface area contributed by atoms with Gasteiger partial charge < -0.3 is 0 Å². The van der Waals surface area contributed by atoms with Gasteiger partial charge in [-0.3, -0.25) is 14.5 Å². The Bertz CT molecular complexity index is 321. The van der Waals surface area contributed by atoms with Gasteiger partial charge in [-0.2, -0.15) is 0 Å². The lowest BCUT2D eigenvalue weighted by Gasteiger charge is -2.20. The molecule has 16 heavy (non-hydrogen) atoms. The average Bonchev–Trinajstić information content (AvgIpc) is 2.36. The second-order valence-electron chi connectivity index (χ2n) is 5.21. The summed E-state index contributed by atoms with van der Waals surface area (Å²) in [7, 11) is 0. The SMILES string of the molecule is CC(C)C1=C(C(C)C)C(=O)N(C(C)C)C1=O. The van der Waals surface area contributed by atoms with Crippen molar-refractivity contribution in [1.82, 2.24) is 4.90 Å². The Labute approximate surface area is 97.5 Å². The zero-order valence-corrected chi connectivity index (χ0v) is 11.0. The number of hydrogen-bond acceptors (Lipinski definition) is 2. The standard InChI is InChI=1S/C13H21NO2/c1-7(2)10-11(8(3)4)13(16)14(9(5)6)12(10)15/h7-9H,1-6H3. The van der Waals surface area contributed by atoms with Crippen LogP contribution in [0.2, 0.25) is 0 Å². The Morgan fingerprint density at radius 1 is 0.750 bits per heavy atom. The van der Waals surface area contributed by atoms with Crippen LogP contribution in [0.1, 0.15) is 41.5 Å². The maximum Gasteiger partial charge on any atom is 0.257 e. The Hall–Kier alpha value is -1.12. The fourth-order valence-corrected chi connectivity index (χ4v) is 2.17. The monoisotopic (exact) mass is 223 g/mol. The van der Waals surface area contributed by atoms with Crippen molar-refractivity contribution in [3.63, 3.8) is 0 Å². The van der Waals surface area contributed by atoms with Crippen molar-refractivity contribution < 1.29 is 9.59 Å². The quantitative estimate of drug-likeness (QED) is 0.689. The van der Waals surface area contributed by atoms with E-state index in [1.54, 1.807) is 0 Å². The van der Waals surface area contributed by atoms with Gasteiger partial charge in [0.2, 0.25) is 0 Å². The second kappa shape index (κ2) is 4.40. The number of nitrogens with zero attached hydrogens (tertiary/aromatic N) is 1. The van der Waals surface area contributed by atoms with Gasteiger partial charge in [-0.1, -0.05) is 27.7 Å². The van der Waals surface area contributed by atoms with Crippen LogP contribution in [0.5, 0.6) is 0 Å². The average molecular weight is 223 g/mol. The number of carbonyl (C=O) groups excluding carboxylic acids is 2. The molecule has 0 saturated heterocycles. The fourth-order valence-electron chi connectivity index (χ4n) is 2.17. The molecule has 3 heteroatoms. The lowest BCUT2D eigenvalue weighted by Crippen LogP contribution is -2.38. The van der Waals surface area contributed by atoms with Gasteiger partial charge in [0.1, 0.15) is 0 Å². The van der Waals surface area contributed by atoms with E-state index in [2.05, 4.69) is 0 Å². The van der Waals surface area contributed by atoms with Gasteiger partial charge in [-0.05, 0) is 25.7 Å². The fraction of sp³-hybridized carbons (Fsp3) is 0.692. The molecule has 0 aliphatic carbocycles. The molecule has 0 bridgehead atoms. The topological polar surface area (TPSA) is 37.4 Å². The minimum atomic E-state index is -0.0984. The van der Waals surface area contributed by atoms with Crippen LogP contribution in [-0.2, 0) is 9.59 Å². The molecule has 1 heterocycles. The number of amides is 2. The van der Waals surface area contributed by atoms with Gasteiger partial charge in [0.25, 0.3) is 11.8 Å². The van der Waals surface area contributed by atoms with Crippen molar-refractivity contribution in [1.29, 1.82) is 0 Å². The maximum atomic E-state index is 12.2. The smallest absolute Gasteiger partial charge is 0.257 e. The van der Waals surface area contributed by atoms with Gasteiger partial charge in [0.05, 0.1) is 0 Å². The first-order valence-electron chi connectivity index (χ1n) is 5.91. The number of rotatable bonds is 3. The summed E-state index contributed by atoms with van der Waals surface area (Å²) in [5.74, 6) is 0.0209. The molecule has 2 amide bonds. The molecule has 0 atom stereocenters. The molecule has 0 radical (unpaired) electrons. The van der Waals surface area contributed by atoms with Crippen LogP contribution < -0.4 is 0 Å². The summed E-state index contributed by atoms with van der Waals surface area (Å²) in [6, 6.07) is -0.0648. The normalized spacial score (nSPS) is 17.7. The van der Waals surface area contributed by atoms with Crippen LogP contribution >= 0.6 is 0 Å². The van der Waals surface area contributed by atoms with Crippen LogP contribution in [-0.4, -0.2) is 22.8 Å². The van der Waals surface area contributed by atoms with E-state index >= 15 is 0 Å². The highest BCUT2D eigenvalue weighted by atomic mass is 16.2. The largest absolute Gasteiger partial charge is 0.272 e. The molecular formula is C13H21NO2. The van der Waals surface area contributed by atoms with Crippen molar-refractivity contribution in [2.75, 3.05) is 0 Å². The Kier molecular flexibility index (Phi) is 3.56. The summed E-state index contributed by atoms with van der Waals surface area (Å²) >= 11 is 0. The first-order valence-corrected chi connectivity index (χ1v) is 5.91. The highest BCUT2D eigenvalue weighted by Crippen LogP contribution is 2.32. The van der Waals surface area contributed by atoms with Gasteiger partial charge in [-0.15, -0.1) is 0 Å². The number of carbonyl (C=O) groups is 2. The van der Waals surface area contributed by atoms with E-state index in [1.807, 2.05) is 41.5 Å². The molecule has 0 saturated carbocycles. The van der Waals surface area contributed by atoms with Crippen LogP contribution in [0.25, 0.3) is 0 Å². The first-order chi connectivity index (χ1) is 7.29. The molecule has 90 valence electrons. The minimum absolute atomic E-state index is 0.0648. The molecule has 0 N–H and O–H groups in total. The van der Waals surface area contributed by atoms with Gasteiger partial charge in [0, 0.05) is 17.2 Å². The molecule has 1 rings (SSSR count). The van der Waals surface area contributed by atoms with Gasteiger partial charge >= 0.3 is 0 Å². The highest BCUT2D eigenvalue weighted by molar-refractivity contribution is 6.19. The van der Waals surface area contributed by atoms with Crippen LogP contribution in [0.3, 0.4) is 0 Å². The lowest BCUT2D eigenvalue weighted by molar-refractivity contribution is -0.139. The van der Waals surface area contributed by atoms with Crippen molar-refractivity contribution in [3.05, 3.63) is 11.1 Å². The molecule has 0 spiro atoms. The van der Waals surface area contributed by atoms with Crippen molar-refractivity contribution in [2.24, 2.45) is 11.8 Å². The van der Waals surface area contributed by atoms with Crippen molar-refractivity contribution in [3.8, 4) is 0 Å². The molecule has 0 fully saturated rings. The summed E-state index contributed by atoms with van der Waals surface area (Å²) in [4.78, 5) is 25.7. The van der Waals surface area contributed by atoms with Crippen LogP contribution in [0.4, 0.5) is 0 Å². The van der Waals surface area contributed by atoms with E-state index in [0.29, 0.717) is 11.1 Å². The van der Waals surface area contributed by atoms with E-state index in [4.69, 9.17) is 0 Å². The summed E-state index contributed by atoms with van der Waals surface area (Å²) in [6.07, 6.45) is 0. The zero-order valence-electron chi connectivity index (χ0n) is 11.0. The predicted octanol–water partition coefficient (Wildman–Crippen LogP) is 2.37. The lowest BCUT2D eigenvalue weighted by atomic mass is 9.92. The van der Waals surface area contributed by atoms with E-state index in [9.17, 15) is 9.59 Å². The third kappa shape index (κ3) is 1.91. The molecular weight excluding hydrogens is 202 g/mol. The molecule has 0 aromatic heterocycles. The molecule has 3 nitrogen and oxygen atoms in total. The predicted molar refractivity (Wildman–Crippen MR) is 63.7 cm³/mol. The van der Waals surface area contributed by atoms with Gasteiger partial charge in [-0.25, -0.2) is 0 Å². The first kappa shape index (κ1) is 12.9. The maximum absolute atomic E-state index is 12.2. The van der Waals surface area contributed by atoms with E-state index in [0.717, 1.165) is 0 Å². The van der Waals surface area contributed by atoms with Crippen molar-refractivity contribution >= 4 is 11.8 Å². The summed E-state index contributed by atoms with van der Waals surface area (Å²) in [5, 5.41) is 0. The molecule has 0 unspecified atom stereocenters. The van der Waals surface area contributed by atoms with Gasteiger partial charge in [0.15, 0.2) is 0 Å². The Morgan fingerprint density at radius 3 is 1.25 bits per heavy atom. The van der Waals surface area contributed by atoms with E-state index < -0.39 is 0 Å². The molecule has 1 aliphatic rings. The van der Waals surface area contributed by atoms with E-state index in [-0.39, 0.29) is 29.7 Å². The molecule has 0 aromatic rings. The summed E-state index contributed by atoms with van der Waals surface area (Å²) in [5.41, 5.74) is 1.41. The summed E-state index contributed by atoms with van der Waals surface area (Å²) in [6.45, 7) is 11.6. The van der Waals surface area contributed by atoms with Crippen LogP contribution in [0.15, 0.2) is 11.1 Å². The third-order valence-corrected chi connectivity index (χ3v) is 2.86. The Morgan fingerprint density at radius 2 is 1.06 bits per heavy atom. The Balaban J connectivity index is 3.26. The second-order valence-corrected chi connectivity index (χ2v) is 5.21. The molecule has 0 aromatic carbocycles. The minimum Gasteiger partial charge on any atom is -0.272 e. The zero-order chi connectivity index (χ0) is 12.6. The molecule has 1 aliphatic heterocycles. The van der Waals surface area contributed by atoms with E-state index in [1.165, 1.54) is 4.90 Å². The third-order valence-electron chi connectivity index (χ3n) is 2.86. The summed E-state index contributed by atoms with van der Waals surface area (Å²) < 4.78 is 0. The number of imide groups is 1.